The SMILES string of the molecule is Cc1cc(SCC(=O)NCCc2ccc(Cl)cc2)nc(-c2cccc(F)c2)n1. The number of rotatable bonds is 7. The van der Waals surface area contributed by atoms with E-state index < -0.39 is 0 Å². The molecule has 7 heteroatoms. The highest BCUT2D eigenvalue weighted by molar-refractivity contribution is 7.99. The van der Waals surface area contributed by atoms with Crippen molar-refractivity contribution in [1.82, 2.24) is 15.3 Å². The van der Waals surface area contributed by atoms with Crippen molar-refractivity contribution in [3.63, 3.8) is 0 Å². The predicted molar refractivity (Wildman–Crippen MR) is 111 cm³/mol. The summed E-state index contributed by atoms with van der Waals surface area (Å²) < 4.78 is 13.4. The molecule has 0 radical (unpaired) electrons. The average Bonchev–Trinajstić information content (AvgIpc) is 2.67. The lowest BCUT2D eigenvalue weighted by molar-refractivity contribution is -0.118. The molecule has 0 aliphatic carbocycles. The summed E-state index contributed by atoms with van der Waals surface area (Å²) in [4.78, 5) is 20.9. The van der Waals surface area contributed by atoms with Crippen LogP contribution in [0, 0.1) is 12.7 Å². The Hall–Kier alpha value is -2.44. The maximum absolute atomic E-state index is 13.4. The molecule has 0 spiro atoms. The highest BCUT2D eigenvalue weighted by Crippen LogP contribution is 2.22. The summed E-state index contributed by atoms with van der Waals surface area (Å²) in [7, 11) is 0. The Labute approximate surface area is 172 Å². The molecule has 1 amide bonds. The van der Waals surface area contributed by atoms with Gasteiger partial charge in [0.2, 0.25) is 5.91 Å². The van der Waals surface area contributed by atoms with Crippen molar-refractivity contribution in [2.24, 2.45) is 0 Å². The van der Waals surface area contributed by atoms with Crippen molar-refractivity contribution < 1.29 is 9.18 Å². The molecule has 144 valence electrons. The molecular formula is C21H19ClFN3OS. The second-order valence-electron chi connectivity index (χ2n) is 6.20. The third-order valence-corrected chi connectivity index (χ3v) is 5.08. The van der Waals surface area contributed by atoms with Gasteiger partial charge in [-0.15, -0.1) is 0 Å². The van der Waals surface area contributed by atoms with Crippen LogP contribution in [0.3, 0.4) is 0 Å². The van der Waals surface area contributed by atoms with Crippen LogP contribution < -0.4 is 5.32 Å². The minimum Gasteiger partial charge on any atom is -0.355 e. The summed E-state index contributed by atoms with van der Waals surface area (Å²) in [6, 6.07) is 15.5. The quantitative estimate of drug-likeness (QED) is 0.449. The highest BCUT2D eigenvalue weighted by atomic mass is 35.5. The largest absolute Gasteiger partial charge is 0.355 e. The molecule has 0 aliphatic heterocycles. The van der Waals surface area contributed by atoms with Gasteiger partial charge in [0, 0.05) is 22.8 Å². The molecule has 3 rings (SSSR count). The van der Waals surface area contributed by atoms with E-state index in [2.05, 4.69) is 15.3 Å². The first kappa shape index (κ1) is 20.3. The number of nitrogens with one attached hydrogen (secondary N) is 1. The summed E-state index contributed by atoms with van der Waals surface area (Å²) in [6.45, 7) is 2.40. The minimum atomic E-state index is -0.336. The Kier molecular flexibility index (Phi) is 7.01. The minimum absolute atomic E-state index is 0.0671. The Morgan fingerprint density at radius 1 is 1.14 bits per heavy atom. The number of carbonyl (C=O) groups is 1. The molecule has 0 aliphatic rings. The van der Waals surface area contributed by atoms with Crippen LogP contribution in [0.25, 0.3) is 11.4 Å². The molecule has 4 nitrogen and oxygen atoms in total. The Morgan fingerprint density at radius 2 is 1.93 bits per heavy atom. The number of benzene rings is 2. The highest BCUT2D eigenvalue weighted by Gasteiger charge is 2.09. The molecule has 3 aromatic rings. The van der Waals surface area contributed by atoms with E-state index in [0.717, 1.165) is 17.7 Å². The molecule has 1 aromatic heterocycles. The number of nitrogens with zero attached hydrogens (tertiary/aromatic N) is 2. The number of aryl methyl sites for hydroxylation is 1. The van der Waals surface area contributed by atoms with Gasteiger partial charge in [-0.05, 0) is 49.2 Å². The fourth-order valence-corrected chi connectivity index (χ4v) is 3.47. The van der Waals surface area contributed by atoms with Gasteiger partial charge in [-0.2, -0.15) is 0 Å². The van der Waals surface area contributed by atoms with Crippen molar-refractivity contribution in [2.45, 2.75) is 18.4 Å². The molecule has 0 saturated carbocycles. The van der Waals surface area contributed by atoms with Crippen LogP contribution in [0.15, 0.2) is 59.6 Å². The van der Waals surface area contributed by atoms with Gasteiger partial charge in [-0.25, -0.2) is 14.4 Å². The molecule has 0 fully saturated rings. The lowest BCUT2D eigenvalue weighted by Gasteiger charge is -2.07. The number of carbonyl (C=O) groups excluding carboxylic acids is 1. The van der Waals surface area contributed by atoms with E-state index >= 15 is 0 Å². The normalized spacial score (nSPS) is 10.7. The summed E-state index contributed by atoms with van der Waals surface area (Å²) in [5, 5.41) is 4.28. The Bertz CT molecular complexity index is 966. The number of halogens is 2. The standard InChI is InChI=1S/C21H19ClFN3OS/c1-14-11-20(26-21(25-14)16-3-2-4-18(23)12-16)28-13-19(27)24-10-9-15-5-7-17(22)8-6-15/h2-8,11-12H,9-10,13H2,1H3,(H,24,27). The van der Waals surface area contributed by atoms with Crippen molar-refractivity contribution in [2.75, 3.05) is 12.3 Å². The maximum Gasteiger partial charge on any atom is 0.230 e. The molecule has 0 saturated heterocycles. The topological polar surface area (TPSA) is 54.9 Å². The summed E-state index contributed by atoms with van der Waals surface area (Å²) in [5.74, 6) is 0.296. The van der Waals surface area contributed by atoms with Crippen LogP contribution in [-0.2, 0) is 11.2 Å². The number of hydrogen-bond acceptors (Lipinski definition) is 4. The van der Waals surface area contributed by atoms with Gasteiger partial charge in [0.05, 0.1) is 5.75 Å². The smallest absolute Gasteiger partial charge is 0.230 e. The van der Waals surface area contributed by atoms with E-state index in [1.807, 2.05) is 37.3 Å². The number of hydrogen-bond donors (Lipinski definition) is 1. The molecule has 0 atom stereocenters. The van der Waals surface area contributed by atoms with Crippen molar-refractivity contribution in [1.29, 1.82) is 0 Å². The third kappa shape index (κ3) is 6.04. The van der Waals surface area contributed by atoms with Crippen LogP contribution in [0.1, 0.15) is 11.3 Å². The van der Waals surface area contributed by atoms with Crippen LogP contribution in [0.5, 0.6) is 0 Å². The lowest BCUT2D eigenvalue weighted by atomic mass is 10.1. The number of thioether (sulfide) groups is 1. The lowest BCUT2D eigenvalue weighted by Crippen LogP contribution is -2.27. The van der Waals surface area contributed by atoms with Gasteiger partial charge >= 0.3 is 0 Å². The molecule has 0 unspecified atom stereocenters. The van der Waals surface area contributed by atoms with Crippen molar-refractivity contribution in [3.8, 4) is 11.4 Å². The summed E-state index contributed by atoms with van der Waals surface area (Å²) >= 11 is 7.19. The Balaban J connectivity index is 1.53. The van der Waals surface area contributed by atoms with Gasteiger partial charge in [0.1, 0.15) is 10.8 Å². The van der Waals surface area contributed by atoms with Crippen LogP contribution in [0.4, 0.5) is 4.39 Å². The number of aromatic nitrogens is 2. The summed E-state index contributed by atoms with van der Waals surface area (Å²) in [6.07, 6.45) is 0.740. The number of amides is 1. The zero-order valence-electron chi connectivity index (χ0n) is 15.3. The second kappa shape index (κ2) is 9.66. The zero-order chi connectivity index (χ0) is 19.9. The molecule has 0 bridgehead atoms. The van der Waals surface area contributed by atoms with Gasteiger partial charge in [-0.3, -0.25) is 4.79 Å². The third-order valence-electron chi connectivity index (χ3n) is 3.91. The van der Waals surface area contributed by atoms with E-state index in [1.54, 1.807) is 12.1 Å². The van der Waals surface area contributed by atoms with Gasteiger partial charge < -0.3 is 5.32 Å². The van der Waals surface area contributed by atoms with Gasteiger partial charge in [0.15, 0.2) is 5.82 Å². The van der Waals surface area contributed by atoms with Crippen molar-refractivity contribution >= 4 is 29.3 Å². The van der Waals surface area contributed by atoms with E-state index in [0.29, 0.717) is 28.0 Å². The first-order valence-corrected chi connectivity index (χ1v) is 10.1. The van der Waals surface area contributed by atoms with Crippen LogP contribution in [-0.4, -0.2) is 28.2 Å². The molecule has 1 N–H and O–H groups in total. The molecular weight excluding hydrogens is 397 g/mol. The first-order chi connectivity index (χ1) is 13.5. The fraction of sp³-hybridized carbons (Fsp3) is 0.190. The first-order valence-electron chi connectivity index (χ1n) is 8.75. The van der Waals surface area contributed by atoms with Crippen molar-refractivity contribution in [3.05, 3.63) is 76.7 Å². The molecule has 28 heavy (non-hydrogen) atoms. The van der Waals surface area contributed by atoms with Gasteiger partial charge in [0.25, 0.3) is 0 Å². The van der Waals surface area contributed by atoms with E-state index in [4.69, 9.17) is 11.6 Å². The maximum atomic E-state index is 13.4. The van der Waals surface area contributed by atoms with E-state index in [9.17, 15) is 9.18 Å². The molecule has 2 aromatic carbocycles. The Morgan fingerprint density at radius 3 is 2.68 bits per heavy atom. The fourth-order valence-electron chi connectivity index (χ4n) is 2.56. The monoisotopic (exact) mass is 415 g/mol. The average molecular weight is 416 g/mol. The zero-order valence-corrected chi connectivity index (χ0v) is 16.9. The van der Waals surface area contributed by atoms with Crippen LogP contribution >= 0.6 is 23.4 Å². The van der Waals surface area contributed by atoms with E-state index in [1.165, 1.54) is 23.9 Å². The predicted octanol–water partition coefficient (Wildman–Crippen LogP) is 4.70. The van der Waals surface area contributed by atoms with Gasteiger partial charge in [-0.1, -0.05) is 47.6 Å². The van der Waals surface area contributed by atoms with E-state index in [-0.39, 0.29) is 17.5 Å². The molecule has 1 heterocycles. The van der Waals surface area contributed by atoms with Crippen LogP contribution in [0.2, 0.25) is 5.02 Å². The summed E-state index contributed by atoms with van der Waals surface area (Å²) in [5.41, 5.74) is 2.49. The second-order valence-corrected chi connectivity index (χ2v) is 7.63.